The Morgan fingerprint density at radius 2 is 2.35 bits per heavy atom. The van der Waals surface area contributed by atoms with Gasteiger partial charge in [0.2, 0.25) is 0 Å². The van der Waals surface area contributed by atoms with Gasteiger partial charge in [0.15, 0.2) is 0 Å². The van der Waals surface area contributed by atoms with Crippen LogP contribution in [0.15, 0.2) is 30.6 Å². The average molecular weight is 271 g/mol. The van der Waals surface area contributed by atoms with Crippen LogP contribution in [0.4, 0.5) is 0 Å². The standard InChI is InChI=1S/C16H21N3O/c1-19-9-8-18-16(19)7-10-20-13-5-6-14-12(11-13)3-2-4-15(14)17/h5-6,8-9,11,15H,2-4,7,10,17H2,1H3. The van der Waals surface area contributed by atoms with E-state index in [1.54, 1.807) is 0 Å². The molecule has 0 spiro atoms. The molecule has 0 saturated carbocycles. The molecule has 0 fully saturated rings. The maximum absolute atomic E-state index is 6.13. The van der Waals surface area contributed by atoms with Gasteiger partial charge >= 0.3 is 0 Å². The number of hydrogen-bond acceptors (Lipinski definition) is 3. The first-order valence-electron chi connectivity index (χ1n) is 7.21. The summed E-state index contributed by atoms with van der Waals surface area (Å²) in [6.07, 6.45) is 7.96. The third kappa shape index (κ3) is 2.70. The summed E-state index contributed by atoms with van der Waals surface area (Å²) in [5, 5.41) is 0. The zero-order valence-corrected chi connectivity index (χ0v) is 11.9. The number of ether oxygens (including phenoxy) is 1. The lowest BCUT2D eigenvalue weighted by Crippen LogP contribution is -2.17. The summed E-state index contributed by atoms with van der Waals surface area (Å²) in [4.78, 5) is 4.29. The molecular weight excluding hydrogens is 250 g/mol. The molecule has 1 aliphatic rings. The van der Waals surface area contributed by atoms with E-state index < -0.39 is 0 Å². The van der Waals surface area contributed by atoms with E-state index in [0.717, 1.165) is 30.8 Å². The molecule has 1 aliphatic carbocycles. The van der Waals surface area contributed by atoms with E-state index in [4.69, 9.17) is 10.5 Å². The lowest BCUT2D eigenvalue weighted by Gasteiger charge is -2.22. The monoisotopic (exact) mass is 271 g/mol. The van der Waals surface area contributed by atoms with E-state index in [1.807, 2.05) is 30.1 Å². The highest BCUT2D eigenvalue weighted by Gasteiger charge is 2.16. The fourth-order valence-corrected chi connectivity index (χ4v) is 2.82. The maximum atomic E-state index is 6.13. The molecule has 2 aromatic rings. The van der Waals surface area contributed by atoms with Crippen molar-refractivity contribution in [2.24, 2.45) is 12.8 Å². The van der Waals surface area contributed by atoms with Gasteiger partial charge in [0, 0.05) is 31.9 Å². The van der Waals surface area contributed by atoms with Gasteiger partial charge in [-0.15, -0.1) is 0 Å². The highest BCUT2D eigenvalue weighted by atomic mass is 16.5. The molecule has 1 atom stereocenters. The number of nitrogens with two attached hydrogens (primary N) is 1. The molecule has 0 aliphatic heterocycles. The smallest absolute Gasteiger partial charge is 0.119 e. The zero-order chi connectivity index (χ0) is 13.9. The second-order valence-electron chi connectivity index (χ2n) is 5.41. The Hall–Kier alpha value is -1.81. The number of hydrogen-bond donors (Lipinski definition) is 1. The van der Waals surface area contributed by atoms with Gasteiger partial charge in [-0.05, 0) is 42.5 Å². The Labute approximate surface area is 119 Å². The van der Waals surface area contributed by atoms with E-state index in [2.05, 4.69) is 17.1 Å². The van der Waals surface area contributed by atoms with Crippen LogP contribution in [0.25, 0.3) is 0 Å². The summed E-state index contributed by atoms with van der Waals surface area (Å²) < 4.78 is 7.86. The zero-order valence-electron chi connectivity index (χ0n) is 11.9. The van der Waals surface area contributed by atoms with Crippen molar-refractivity contribution < 1.29 is 4.74 Å². The molecule has 2 N–H and O–H groups in total. The van der Waals surface area contributed by atoms with Crippen molar-refractivity contribution in [2.75, 3.05) is 6.61 Å². The molecular formula is C16H21N3O. The van der Waals surface area contributed by atoms with Crippen LogP contribution in [0.2, 0.25) is 0 Å². The highest BCUT2D eigenvalue weighted by Crippen LogP contribution is 2.30. The second kappa shape index (κ2) is 5.67. The number of benzene rings is 1. The Kier molecular flexibility index (Phi) is 3.74. The number of aromatic nitrogens is 2. The number of nitrogens with zero attached hydrogens (tertiary/aromatic N) is 2. The molecule has 1 unspecified atom stereocenters. The summed E-state index contributed by atoms with van der Waals surface area (Å²) in [6.45, 7) is 0.649. The van der Waals surface area contributed by atoms with E-state index in [1.165, 1.54) is 17.5 Å². The Bertz CT molecular complexity index is 591. The van der Waals surface area contributed by atoms with Crippen LogP contribution in [-0.4, -0.2) is 16.2 Å². The largest absolute Gasteiger partial charge is 0.493 e. The molecule has 1 aromatic heterocycles. The number of aryl methyl sites for hydroxylation is 2. The van der Waals surface area contributed by atoms with Crippen molar-refractivity contribution in [3.05, 3.63) is 47.5 Å². The van der Waals surface area contributed by atoms with Crippen LogP contribution in [0.3, 0.4) is 0 Å². The minimum absolute atomic E-state index is 0.195. The molecule has 106 valence electrons. The van der Waals surface area contributed by atoms with Crippen molar-refractivity contribution >= 4 is 0 Å². The fraction of sp³-hybridized carbons (Fsp3) is 0.438. The van der Waals surface area contributed by atoms with Gasteiger partial charge < -0.3 is 15.0 Å². The first-order valence-corrected chi connectivity index (χ1v) is 7.21. The fourth-order valence-electron chi connectivity index (χ4n) is 2.82. The molecule has 0 radical (unpaired) electrons. The summed E-state index contributed by atoms with van der Waals surface area (Å²) >= 11 is 0. The molecule has 4 nitrogen and oxygen atoms in total. The Balaban J connectivity index is 1.62. The topological polar surface area (TPSA) is 53.1 Å². The maximum Gasteiger partial charge on any atom is 0.119 e. The summed E-state index contributed by atoms with van der Waals surface area (Å²) in [7, 11) is 2.00. The predicted octanol–water partition coefficient (Wildman–Crippen LogP) is 2.38. The van der Waals surface area contributed by atoms with Crippen LogP contribution in [-0.2, 0) is 19.9 Å². The lowest BCUT2D eigenvalue weighted by atomic mass is 9.88. The van der Waals surface area contributed by atoms with Crippen LogP contribution in [0.1, 0.15) is 35.8 Å². The highest BCUT2D eigenvalue weighted by molar-refractivity contribution is 5.38. The van der Waals surface area contributed by atoms with Crippen molar-refractivity contribution in [1.82, 2.24) is 9.55 Å². The second-order valence-corrected chi connectivity index (χ2v) is 5.41. The first kappa shape index (κ1) is 13.2. The third-order valence-electron chi connectivity index (χ3n) is 3.99. The minimum Gasteiger partial charge on any atom is -0.493 e. The van der Waals surface area contributed by atoms with Gasteiger partial charge in [0.1, 0.15) is 11.6 Å². The summed E-state index contributed by atoms with van der Waals surface area (Å²) in [5.74, 6) is 1.98. The van der Waals surface area contributed by atoms with Gasteiger partial charge in [-0.3, -0.25) is 0 Å². The van der Waals surface area contributed by atoms with Crippen molar-refractivity contribution in [3.8, 4) is 5.75 Å². The predicted molar refractivity (Wildman–Crippen MR) is 78.7 cm³/mol. The van der Waals surface area contributed by atoms with Gasteiger partial charge in [-0.2, -0.15) is 0 Å². The van der Waals surface area contributed by atoms with Gasteiger partial charge in [0.05, 0.1) is 6.61 Å². The van der Waals surface area contributed by atoms with Crippen molar-refractivity contribution in [1.29, 1.82) is 0 Å². The number of imidazole rings is 1. The van der Waals surface area contributed by atoms with E-state index in [-0.39, 0.29) is 6.04 Å². The van der Waals surface area contributed by atoms with Gasteiger partial charge in [-0.25, -0.2) is 4.98 Å². The third-order valence-corrected chi connectivity index (χ3v) is 3.99. The quantitative estimate of drug-likeness (QED) is 0.929. The van der Waals surface area contributed by atoms with Crippen LogP contribution in [0.5, 0.6) is 5.75 Å². The van der Waals surface area contributed by atoms with Crippen molar-refractivity contribution in [3.63, 3.8) is 0 Å². The minimum atomic E-state index is 0.195. The summed E-state index contributed by atoms with van der Waals surface area (Å²) in [6, 6.07) is 6.49. The molecule has 0 saturated heterocycles. The van der Waals surface area contributed by atoms with Crippen LogP contribution in [0, 0.1) is 0 Å². The van der Waals surface area contributed by atoms with E-state index in [0.29, 0.717) is 6.61 Å². The molecule has 20 heavy (non-hydrogen) atoms. The molecule has 0 amide bonds. The van der Waals surface area contributed by atoms with Crippen LogP contribution < -0.4 is 10.5 Å². The van der Waals surface area contributed by atoms with Gasteiger partial charge in [0.25, 0.3) is 0 Å². The Morgan fingerprint density at radius 3 is 3.15 bits per heavy atom. The van der Waals surface area contributed by atoms with Gasteiger partial charge in [-0.1, -0.05) is 6.07 Å². The lowest BCUT2D eigenvalue weighted by molar-refractivity contribution is 0.317. The van der Waals surface area contributed by atoms with Crippen molar-refractivity contribution in [2.45, 2.75) is 31.7 Å². The molecule has 1 heterocycles. The normalized spacial score (nSPS) is 17.8. The molecule has 0 bridgehead atoms. The first-order chi connectivity index (χ1) is 9.74. The van der Waals surface area contributed by atoms with E-state index in [9.17, 15) is 0 Å². The van der Waals surface area contributed by atoms with E-state index >= 15 is 0 Å². The Morgan fingerprint density at radius 1 is 1.45 bits per heavy atom. The number of rotatable bonds is 4. The number of fused-ring (bicyclic) bond motifs is 1. The van der Waals surface area contributed by atoms with Crippen LogP contribution >= 0.6 is 0 Å². The molecule has 3 rings (SSSR count). The molecule has 1 aromatic carbocycles. The average Bonchev–Trinajstić information content (AvgIpc) is 2.85. The molecule has 4 heteroatoms. The summed E-state index contributed by atoms with van der Waals surface area (Å²) in [5.41, 5.74) is 8.76. The SMILES string of the molecule is Cn1ccnc1CCOc1ccc2c(c1)CCCC2N.